The minimum atomic E-state index is -0.0609. The maximum atomic E-state index is 12.7. The lowest BCUT2D eigenvalue weighted by molar-refractivity contribution is -0.121. The lowest BCUT2D eigenvalue weighted by Gasteiger charge is -2.35. The molecule has 1 aliphatic heterocycles. The quantitative estimate of drug-likeness (QED) is 0.796. The van der Waals surface area contributed by atoms with Gasteiger partial charge in [-0.25, -0.2) is 0 Å². The summed E-state index contributed by atoms with van der Waals surface area (Å²) < 4.78 is 3.89. The maximum absolute atomic E-state index is 12.7. The molecule has 1 unspecified atom stereocenters. The highest BCUT2D eigenvalue weighted by Crippen LogP contribution is 2.22. The number of nitrogens with one attached hydrogen (secondary N) is 1. The summed E-state index contributed by atoms with van der Waals surface area (Å²) in [6.07, 6.45) is 3.99. The van der Waals surface area contributed by atoms with E-state index in [2.05, 4.69) is 14.9 Å². The normalized spacial score (nSPS) is 18.3. The molecule has 7 nitrogen and oxygen atoms in total. The van der Waals surface area contributed by atoms with Crippen LogP contribution >= 0.6 is 11.5 Å². The molecule has 22 heavy (non-hydrogen) atoms. The van der Waals surface area contributed by atoms with Gasteiger partial charge < -0.3 is 16.0 Å². The smallest absolute Gasteiger partial charge is 0.267 e. The number of aromatic nitrogens is 2. The van der Waals surface area contributed by atoms with Crippen molar-refractivity contribution in [2.75, 3.05) is 19.6 Å². The molecule has 0 bridgehead atoms. The van der Waals surface area contributed by atoms with Gasteiger partial charge in [0, 0.05) is 32.1 Å². The van der Waals surface area contributed by atoms with Gasteiger partial charge in [-0.15, -0.1) is 5.10 Å². The molecule has 2 rings (SSSR count). The predicted octanol–water partition coefficient (Wildman–Crippen LogP) is 0.560. The third-order valence-corrected chi connectivity index (χ3v) is 4.64. The average molecular weight is 325 g/mol. The van der Waals surface area contributed by atoms with Crippen LogP contribution in [0.1, 0.15) is 48.0 Å². The van der Waals surface area contributed by atoms with Gasteiger partial charge in [0.25, 0.3) is 5.91 Å². The predicted molar refractivity (Wildman–Crippen MR) is 84.6 cm³/mol. The molecule has 0 aromatic carbocycles. The van der Waals surface area contributed by atoms with Crippen LogP contribution in [0.2, 0.25) is 0 Å². The standard InChI is InChI=1S/C14H23N5O2S/c1-2-11-13(22-18-17-11)14(21)19-8-4-3-5-10(19)9-16-12(20)6-7-15/h10H,2-9,15H2,1H3,(H,16,20). The molecule has 2 amide bonds. The molecular weight excluding hydrogens is 302 g/mol. The summed E-state index contributed by atoms with van der Waals surface area (Å²) in [5.41, 5.74) is 6.13. The Hall–Kier alpha value is -1.54. The van der Waals surface area contributed by atoms with Crippen molar-refractivity contribution in [2.45, 2.75) is 45.1 Å². The van der Waals surface area contributed by atoms with E-state index in [4.69, 9.17) is 5.73 Å². The number of nitrogens with two attached hydrogens (primary N) is 1. The number of likely N-dealkylation sites (tertiary alicyclic amines) is 1. The van der Waals surface area contributed by atoms with E-state index in [9.17, 15) is 9.59 Å². The van der Waals surface area contributed by atoms with Gasteiger partial charge in [0.15, 0.2) is 0 Å². The third-order valence-electron chi connectivity index (χ3n) is 3.88. The fraction of sp³-hybridized carbons (Fsp3) is 0.714. The second-order valence-corrected chi connectivity index (χ2v) is 6.15. The Morgan fingerprint density at radius 2 is 2.27 bits per heavy atom. The minimum Gasteiger partial charge on any atom is -0.354 e. The summed E-state index contributed by atoms with van der Waals surface area (Å²) in [5, 5.41) is 6.88. The average Bonchev–Trinajstić information content (AvgIpc) is 3.01. The van der Waals surface area contributed by atoms with Gasteiger partial charge in [-0.3, -0.25) is 9.59 Å². The number of carbonyl (C=O) groups is 2. The first kappa shape index (κ1) is 16.8. The minimum absolute atomic E-state index is 0.00961. The first-order valence-corrected chi connectivity index (χ1v) is 8.53. The Labute approximate surface area is 134 Å². The number of carbonyl (C=O) groups excluding carboxylic acids is 2. The molecule has 0 spiro atoms. The van der Waals surface area contributed by atoms with Gasteiger partial charge in [-0.1, -0.05) is 11.4 Å². The number of rotatable bonds is 6. The number of piperidine rings is 1. The number of amides is 2. The highest BCUT2D eigenvalue weighted by atomic mass is 32.1. The van der Waals surface area contributed by atoms with Crippen LogP contribution in [0.3, 0.4) is 0 Å². The number of nitrogens with zero attached hydrogens (tertiary/aromatic N) is 3. The summed E-state index contributed by atoms with van der Waals surface area (Å²) in [4.78, 5) is 26.8. The van der Waals surface area contributed by atoms with E-state index in [0.717, 1.165) is 43.0 Å². The molecule has 0 aliphatic carbocycles. The summed E-state index contributed by atoms with van der Waals surface area (Å²) in [6, 6.07) is 0.0368. The van der Waals surface area contributed by atoms with Crippen LogP contribution in [-0.4, -0.2) is 52.0 Å². The topological polar surface area (TPSA) is 101 Å². The molecule has 2 heterocycles. The Morgan fingerprint density at radius 3 is 3.00 bits per heavy atom. The summed E-state index contributed by atoms with van der Waals surface area (Å²) in [6.45, 7) is 3.51. The van der Waals surface area contributed by atoms with E-state index >= 15 is 0 Å². The van der Waals surface area contributed by atoms with E-state index < -0.39 is 0 Å². The maximum Gasteiger partial charge on any atom is 0.267 e. The lowest BCUT2D eigenvalue weighted by Crippen LogP contribution is -2.49. The van der Waals surface area contributed by atoms with Crippen molar-refractivity contribution >= 4 is 23.3 Å². The number of hydrogen-bond acceptors (Lipinski definition) is 6. The van der Waals surface area contributed by atoms with Crippen LogP contribution in [0.5, 0.6) is 0 Å². The monoisotopic (exact) mass is 325 g/mol. The molecule has 1 fully saturated rings. The molecule has 122 valence electrons. The van der Waals surface area contributed by atoms with Gasteiger partial charge in [-0.2, -0.15) is 0 Å². The molecule has 0 radical (unpaired) electrons. The van der Waals surface area contributed by atoms with E-state index in [-0.39, 0.29) is 17.9 Å². The fourth-order valence-corrected chi connectivity index (χ4v) is 3.37. The molecule has 0 saturated carbocycles. The van der Waals surface area contributed by atoms with Crippen molar-refractivity contribution in [3.05, 3.63) is 10.6 Å². The zero-order valence-electron chi connectivity index (χ0n) is 12.9. The first-order chi connectivity index (χ1) is 10.7. The van der Waals surface area contributed by atoms with Crippen molar-refractivity contribution in [3.63, 3.8) is 0 Å². The Bertz CT molecular complexity index is 519. The zero-order chi connectivity index (χ0) is 15.9. The largest absolute Gasteiger partial charge is 0.354 e. The van der Waals surface area contributed by atoms with E-state index in [1.54, 1.807) is 0 Å². The lowest BCUT2D eigenvalue weighted by atomic mass is 10.0. The van der Waals surface area contributed by atoms with Crippen LogP contribution in [0.4, 0.5) is 0 Å². The third kappa shape index (κ3) is 4.01. The summed E-state index contributed by atoms with van der Waals surface area (Å²) in [7, 11) is 0. The zero-order valence-corrected chi connectivity index (χ0v) is 13.7. The van der Waals surface area contributed by atoms with Gasteiger partial charge >= 0.3 is 0 Å². The Balaban J connectivity index is 2.03. The van der Waals surface area contributed by atoms with Crippen molar-refractivity contribution in [3.8, 4) is 0 Å². The van der Waals surface area contributed by atoms with Crippen molar-refractivity contribution < 1.29 is 9.59 Å². The fourth-order valence-electron chi connectivity index (χ4n) is 2.66. The molecule has 3 N–H and O–H groups in total. The second-order valence-electron chi connectivity index (χ2n) is 5.39. The summed E-state index contributed by atoms with van der Waals surface area (Å²) in [5.74, 6) is -0.0706. The second kappa shape index (κ2) is 8.19. The van der Waals surface area contributed by atoms with Crippen molar-refractivity contribution in [1.82, 2.24) is 19.8 Å². The molecule has 1 atom stereocenters. The molecule has 1 aromatic heterocycles. The molecule has 1 aromatic rings. The van der Waals surface area contributed by atoms with Crippen molar-refractivity contribution in [2.24, 2.45) is 5.73 Å². The molecule has 8 heteroatoms. The van der Waals surface area contributed by atoms with Crippen LogP contribution in [0, 0.1) is 0 Å². The van der Waals surface area contributed by atoms with E-state index in [0.29, 0.717) is 30.8 Å². The summed E-state index contributed by atoms with van der Waals surface area (Å²) >= 11 is 1.15. The van der Waals surface area contributed by atoms with Crippen LogP contribution in [-0.2, 0) is 11.2 Å². The molecule has 1 aliphatic rings. The van der Waals surface area contributed by atoms with Crippen molar-refractivity contribution in [1.29, 1.82) is 0 Å². The highest BCUT2D eigenvalue weighted by Gasteiger charge is 2.30. The van der Waals surface area contributed by atoms with Crippen LogP contribution in [0.15, 0.2) is 0 Å². The number of aryl methyl sites for hydroxylation is 1. The van der Waals surface area contributed by atoms with Gasteiger partial charge in [-0.05, 0) is 37.2 Å². The van der Waals surface area contributed by atoms with E-state index in [1.165, 1.54) is 0 Å². The van der Waals surface area contributed by atoms with Crippen LogP contribution < -0.4 is 11.1 Å². The van der Waals surface area contributed by atoms with Crippen LogP contribution in [0.25, 0.3) is 0 Å². The first-order valence-electron chi connectivity index (χ1n) is 7.76. The highest BCUT2D eigenvalue weighted by molar-refractivity contribution is 7.08. The van der Waals surface area contributed by atoms with Gasteiger partial charge in [0.1, 0.15) is 4.88 Å². The number of hydrogen-bond donors (Lipinski definition) is 2. The van der Waals surface area contributed by atoms with Gasteiger partial charge in [0.05, 0.1) is 5.69 Å². The van der Waals surface area contributed by atoms with Gasteiger partial charge in [0.2, 0.25) is 5.91 Å². The molecular formula is C14H23N5O2S. The Kier molecular flexibility index (Phi) is 6.26. The Morgan fingerprint density at radius 1 is 1.45 bits per heavy atom. The van der Waals surface area contributed by atoms with E-state index in [1.807, 2.05) is 11.8 Å². The molecule has 1 saturated heterocycles. The SMILES string of the molecule is CCc1nnsc1C(=O)N1CCCCC1CNC(=O)CCN.